The first-order chi connectivity index (χ1) is 6.15. The number of hydrogen-bond acceptors (Lipinski definition) is 0. The van der Waals surface area contributed by atoms with Gasteiger partial charge in [0.15, 0.2) is 0 Å². The zero-order valence-electron chi connectivity index (χ0n) is 7.93. The van der Waals surface area contributed by atoms with Gasteiger partial charge in [0.2, 0.25) is 0 Å². The molecule has 1 rings (SSSR count). The van der Waals surface area contributed by atoms with Crippen molar-refractivity contribution in [3.8, 4) is 0 Å². The first-order valence-corrected chi connectivity index (χ1v) is 5.84. The number of hydrogen-bond donors (Lipinski definition) is 0. The normalized spacial score (nSPS) is 15.4. The molecule has 0 nitrogen and oxygen atoms in total. The quantitative estimate of drug-likeness (QED) is 0.697. The van der Waals surface area contributed by atoms with Gasteiger partial charge in [-0.1, -0.05) is 53.5 Å². The Kier molecular flexibility index (Phi) is 4.27. The predicted molar refractivity (Wildman–Crippen MR) is 62.9 cm³/mol. The molecule has 2 heteroatoms. The maximum absolute atomic E-state index is 5.94. The molecule has 0 aliphatic rings. The molecule has 13 heavy (non-hydrogen) atoms. The average molecular weight is 262 g/mol. The van der Waals surface area contributed by atoms with E-state index < -0.39 is 0 Å². The Bertz CT molecular complexity index is 271. The van der Waals surface area contributed by atoms with Crippen LogP contribution in [0, 0.1) is 0 Å². The Morgan fingerprint density at radius 3 is 2.62 bits per heavy atom. The van der Waals surface area contributed by atoms with Gasteiger partial charge in [0.1, 0.15) is 0 Å². The highest BCUT2D eigenvalue weighted by molar-refractivity contribution is 9.09. The van der Waals surface area contributed by atoms with Crippen molar-refractivity contribution in [3.05, 3.63) is 34.9 Å². The van der Waals surface area contributed by atoms with Crippen LogP contribution >= 0.6 is 27.5 Å². The molecule has 0 aromatic heterocycles. The molecule has 1 aromatic carbocycles. The maximum atomic E-state index is 5.94. The molecule has 0 bridgehead atoms. The topological polar surface area (TPSA) is 0 Å². The fourth-order valence-corrected chi connectivity index (χ4v) is 2.44. The number of rotatable bonds is 3. The smallest absolute Gasteiger partial charge is 0.0408 e. The van der Waals surface area contributed by atoms with E-state index in [9.17, 15) is 0 Å². The molecule has 2 atom stereocenters. The van der Waals surface area contributed by atoms with Crippen molar-refractivity contribution in [1.29, 1.82) is 0 Å². The molecule has 0 aliphatic heterocycles. The van der Waals surface area contributed by atoms with Gasteiger partial charge >= 0.3 is 0 Å². The van der Waals surface area contributed by atoms with Crippen LogP contribution in [-0.2, 0) is 0 Å². The summed E-state index contributed by atoms with van der Waals surface area (Å²) in [6, 6.07) is 8.11. The predicted octanol–water partition coefficient (Wildman–Crippen LogP) is 4.62. The number of benzene rings is 1. The third-order valence-electron chi connectivity index (χ3n) is 2.27. The van der Waals surface area contributed by atoms with E-state index in [1.54, 1.807) is 0 Å². The van der Waals surface area contributed by atoms with Crippen molar-refractivity contribution in [3.63, 3.8) is 0 Å². The summed E-state index contributed by atoms with van der Waals surface area (Å²) in [5.41, 5.74) is 1.32. The van der Waals surface area contributed by atoms with Crippen LogP contribution in [0.2, 0.25) is 5.02 Å². The van der Waals surface area contributed by atoms with Crippen LogP contribution in [0.15, 0.2) is 24.3 Å². The summed E-state index contributed by atoms with van der Waals surface area (Å²) in [7, 11) is 0. The van der Waals surface area contributed by atoms with E-state index in [1.807, 2.05) is 18.2 Å². The van der Waals surface area contributed by atoms with E-state index >= 15 is 0 Å². The van der Waals surface area contributed by atoms with Gasteiger partial charge in [0, 0.05) is 9.85 Å². The molecule has 0 saturated heterocycles. The van der Waals surface area contributed by atoms with E-state index in [1.165, 1.54) is 5.56 Å². The maximum Gasteiger partial charge on any atom is 0.0408 e. The Morgan fingerprint density at radius 1 is 1.46 bits per heavy atom. The van der Waals surface area contributed by atoms with Gasteiger partial charge in [-0.25, -0.2) is 0 Å². The summed E-state index contributed by atoms with van der Waals surface area (Å²) in [5.74, 6) is 0.554. The van der Waals surface area contributed by atoms with Crippen LogP contribution in [0.3, 0.4) is 0 Å². The summed E-state index contributed by atoms with van der Waals surface area (Å²) < 4.78 is 0. The van der Waals surface area contributed by atoms with E-state index in [4.69, 9.17) is 11.6 Å². The van der Waals surface area contributed by atoms with Crippen molar-refractivity contribution in [2.75, 3.05) is 0 Å². The van der Waals surface area contributed by atoms with Gasteiger partial charge < -0.3 is 0 Å². The molecule has 0 aliphatic carbocycles. The zero-order valence-corrected chi connectivity index (χ0v) is 10.3. The molecule has 0 saturated carbocycles. The molecule has 0 fully saturated rings. The molecule has 0 amide bonds. The number of alkyl halides is 1. The highest BCUT2D eigenvalue weighted by atomic mass is 79.9. The van der Waals surface area contributed by atoms with Crippen molar-refractivity contribution in [1.82, 2.24) is 0 Å². The summed E-state index contributed by atoms with van der Waals surface area (Å²) in [5, 5.41) is 0.823. The molecule has 0 heterocycles. The minimum Gasteiger partial charge on any atom is -0.0887 e. The monoisotopic (exact) mass is 260 g/mol. The lowest BCUT2D eigenvalue weighted by molar-refractivity contribution is 0.663. The van der Waals surface area contributed by atoms with E-state index in [0.29, 0.717) is 10.7 Å². The van der Waals surface area contributed by atoms with Gasteiger partial charge in [-0.3, -0.25) is 0 Å². The Morgan fingerprint density at radius 2 is 2.15 bits per heavy atom. The third-order valence-corrected chi connectivity index (χ3v) is 3.14. The molecule has 0 radical (unpaired) electrons. The molecular weight excluding hydrogens is 247 g/mol. The highest BCUT2D eigenvalue weighted by Crippen LogP contribution is 2.29. The first kappa shape index (κ1) is 11.1. The SMILES string of the molecule is CCC(c1cccc(Cl)c1)C(C)Br. The third kappa shape index (κ3) is 2.99. The van der Waals surface area contributed by atoms with Crippen molar-refractivity contribution >= 4 is 27.5 Å². The second-order valence-electron chi connectivity index (χ2n) is 3.25. The average Bonchev–Trinajstić information content (AvgIpc) is 2.04. The molecular formula is C11H14BrCl. The van der Waals surface area contributed by atoms with Crippen molar-refractivity contribution < 1.29 is 0 Å². The zero-order chi connectivity index (χ0) is 9.84. The molecule has 0 spiro atoms. The van der Waals surface area contributed by atoms with Crippen LogP contribution in [0.1, 0.15) is 31.7 Å². The fraction of sp³-hybridized carbons (Fsp3) is 0.455. The largest absolute Gasteiger partial charge is 0.0887 e. The summed E-state index contributed by atoms with van der Waals surface area (Å²) in [6.07, 6.45) is 1.13. The van der Waals surface area contributed by atoms with Crippen LogP contribution in [0.5, 0.6) is 0 Å². The first-order valence-electron chi connectivity index (χ1n) is 4.54. The molecule has 72 valence electrons. The summed E-state index contributed by atoms with van der Waals surface area (Å²) >= 11 is 9.55. The van der Waals surface area contributed by atoms with Crippen molar-refractivity contribution in [2.45, 2.75) is 31.0 Å². The van der Waals surface area contributed by atoms with Crippen LogP contribution in [0.25, 0.3) is 0 Å². The molecule has 0 N–H and O–H groups in total. The lowest BCUT2D eigenvalue weighted by atomic mass is 9.94. The van der Waals surface area contributed by atoms with Gasteiger partial charge in [-0.2, -0.15) is 0 Å². The Balaban J connectivity index is 2.91. The molecule has 2 unspecified atom stereocenters. The Labute approximate surface area is 93.4 Å². The standard InChI is InChI=1S/C11H14BrCl/c1-3-11(8(2)12)9-5-4-6-10(13)7-9/h4-8,11H,3H2,1-2H3. The summed E-state index contributed by atoms with van der Waals surface area (Å²) in [6.45, 7) is 4.37. The molecule has 1 aromatic rings. The van der Waals surface area contributed by atoms with Gasteiger partial charge in [-0.15, -0.1) is 0 Å². The van der Waals surface area contributed by atoms with E-state index in [-0.39, 0.29) is 0 Å². The van der Waals surface area contributed by atoms with Crippen LogP contribution in [0.4, 0.5) is 0 Å². The second kappa shape index (κ2) is 5.02. The van der Waals surface area contributed by atoms with Crippen LogP contribution in [-0.4, -0.2) is 4.83 Å². The van der Waals surface area contributed by atoms with Gasteiger partial charge in [0.05, 0.1) is 0 Å². The van der Waals surface area contributed by atoms with Gasteiger partial charge in [-0.05, 0) is 30.0 Å². The van der Waals surface area contributed by atoms with Crippen LogP contribution < -0.4 is 0 Å². The second-order valence-corrected chi connectivity index (χ2v) is 5.13. The van der Waals surface area contributed by atoms with E-state index in [0.717, 1.165) is 11.4 Å². The lowest BCUT2D eigenvalue weighted by Gasteiger charge is -2.18. The lowest BCUT2D eigenvalue weighted by Crippen LogP contribution is -2.07. The minimum absolute atomic E-state index is 0.496. The van der Waals surface area contributed by atoms with E-state index in [2.05, 4.69) is 35.8 Å². The summed E-state index contributed by atoms with van der Waals surface area (Å²) in [4.78, 5) is 0.496. The Hall–Kier alpha value is -0.0100. The number of halogens is 2. The highest BCUT2D eigenvalue weighted by Gasteiger charge is 2.14. The minimum atomic E-state index is 0.496. The van der Waals surface area contributed by atoms with Crippen molar-refractivity contribution in [2.24, 2.45) is 0 Å². The van der Waals surface area contributed by atoms with Gasteiger partial charge in [0.25, 0.3) is 0 Å². The fourth-order valence-electron chi connectivity index (χ4n) is 1.56.